The maximum Gasteiger partial charge on any atom is 0.144 e. The summed E-state index contributed by atoms with van der Waals surface area (Å²) in [5, 5.41) is 15.9. The number of nitrogens with one attached hydrogen (secondary N) is 2. The van der Waals surface area contributed by atoms with Crippen LogP contribution in [-0.4, -0.2) is 24.4 Å². The van der Waals surface area contributed by atoms with E-state index in [1.165, 1.54) is 16.8 Å². The number of aliphatic hydroxyl groups excluding tert-OH is 1. The number of rotatable bonds is 0. The van der Waals surface area contributed by atoms with E-state index >= 15 is 0 Å². The van der Waals surface area contributed by atoms with Gasteiger partial charge in [0, 0.05) is 12.2 Å². The fraction of sp³-hybridized carbons (Fsp3) is 0.600. The number of hydrogen-bond acceptors (Lipinski definition) is 3. The lowest BCUT2D eigenvalue weighted by molar-refractivity contribution is 0.192. The Bertz CT molecular complexity index is 268. The van der Waals surface area contributed by atoms with Gasteiger partial charge in [-0.15, -0.1) is 0 Å². The second-order valence-corrected chi connectivity index (χ2v) is 3.68. The van der Waals surface area contributed by atoms with Crippen LogP contribution in [-0.2, 0) is 0 Å². The van der Waals surface area contributed by atoms with Crippen LogP contribution in [0, 0.1) is 0 Å². The molecule has 2 aliphatic heterocycles. The third kappa shape index (κ3) is 1.76. The first-order valence-electron chi connectivity index (χ1n) is 4.83. The summed E-state index contributed by atoms with van der Waals surface area (Å²) >= 11 is 0. The molecule has 0 aromatic rings. The molecule has 0 aliphatic carbocycles. The summed E-state index contributed by atoms with van der Waals surface area (Å²) in [6, 6.07) is 0. The molecular formula is C10H16N2O. The Labute approximate surface area is 78.5 Å². The summed E-state index contributed by atoms with van der Waals surface area (Å²) in [7, 11) is 0. The topological polar surface area (TPSA) is 44.3 Å². The van der Waals surface area contributed by atoms with E-state index in [9.17, 15) is 5.11 Å². The highest BCUT2D eigenvalue weighted by Crippen LogP contribution is 2.22. The van der Waals surface area contributed by atoms with E-state index in [4.69, 9.17) is 0 Å². The van der Waals surface area contributed by atoms with Crippen LogP contribution in [0.3, 0.4) is 0 Å². The van der Waals surface area contributed by atoms with Crippen LogP contribution in [0.1, 0.15) is 19.8 Å². The molecule has 2 aliphatic rings. The van der Waals surface area contributed by atoms with Crippen molar-refractivity contribution >= 4 is 0 Å². The van der Waals surface area contributed by atoms with Gasteiger partial charge in [0.15, 0.2) is 0 Å². The van der Waals surface area contributed by atoms with Crippen LogP contribution in [0.5, 0.6) is 0 Å². The van der Waals surface area contributed by atoms with Gasteiger partial charge in [-0.3, -0.25) is 0 Å². The molecule has 0 aromatic carbocycles. The van der Waals surface area contributed by atoms with Gasteiger partial charge in [-0.05, 0) is 43.5 Å². The lowest BCUT2D eigenvalue weighted by atomic mass is 10.00. The molecule has 1 atom stereocenters. The molecule has 0 spiro atoms. The van der Waals surface area contributed by atoms with Crippen molar-refractivity contribution in [2.75, 3.05) is 13.1 Å². The molecule has 13 heavy (non-hydrogen) atoms. The number of hydrogen-bond donors (Lipinski definition) is 3. The number of dihydropyridines is 1. The van der Waals surface area contributed by atoms with Gasteiger partial charge in [-0.1, -0.05) is 0 Å². The number of aliphatic hydroxyl groups is 1. The molecule has 3 nitrogen and oxygen atoms in total. The Morgan fingerprint density at radius 2 is 2.38 bits per heavy atom. The monoisotopic (exact) mass is 180 g/mol. The van der Waals surface area contributed by atoms with Crippen LogP contribution in [0.4, 0.5) is 0 Å². The Morgan fingerprint density at radius 3 is 3.23 bits per heavy atom. The molecule has 0 aromatic heterocycles. The van der Waals surface area contributed by atoms with E-state index in [0.717, 1.165) is 25.9 Å². The second-order valence-electron chi connectivity index (χ2n) is 3.68. The quantitative estimate of drug-likeness (QED) is 0.508. The Hall–Kier alpha value is -0.800. The predicted octanol–water partition coefficient (Wildman–Crippen LogP) is 0.492. The molecule has 2 rings (SSSR count). The normalized spacial score (nSPS) is 28.8. The minimum absolute atomic E-state index is 0.489. The Balaban J connectivity index is 2.26. The van der Waals surface area contributed by atoms with Crippen molar-refractivity contribution in [3.63, 3.8) is 0 Å². The molecule has 3 heteroatoms. The zero-order chi connectivity index (χ0) is 9.26. The summed E-state index contributed by atoms with van der Waals surface area (Å²) in [5.41, 5.74) is 3.76. The zero-order valence-corrected chi connectivity index (χ0v) is 7.93. The third-order valence-electron chi connectivity index (χ3n) is 2.65. The van der Waals surface area contributed by atoms with Crippen LogP contribution in [0.2, 0.25) is 0 Å². The minimum Gasteiger partial charge on any atom is -0.370 e. The highest BCUT2D eigenvalue weighted by molar-refractivity contribution is 5.39. The van der Waals surface area contributed by atoms with E-state index < -0.39 is 6.23 Å². The SMILES string of the molecule is CC1=CC(O)NC2=C1CNCCC2. The molecule has 72 valence electrons. The molecule has 0 saturated heterocycles. The average molecular weight is 180 g/mol. The Kier molecular flexibility index (Phi) is 2.38. The van der Waals surface area contributed by atoms with Crippen molar-refractivity contribution < 1.29 is 5.11 Å². The van der Waals surface area contributed by atoms with E-state index in [-0.39, 0.29) is 0 Å². The molecule has 1 unspecified atom stereocenters. The largest absolute Gasteiger partial charge is 0.370 e. The van der Waals surface area contributed by atoms with Gasteiger partial charge < -0.3 is 15.7 Å². The first-order valence-corrected chi connectivity index (χ1v) is 4.83. The van der Waals surface area contributed by atoms with Gasteiger partial charge in [0.25, 0.3) is 0 Å². The van der Waals surface area contributed by atoms with E-state index in [2.05, 4.69) is 17.6 Å². The fourth-order valence-corrected chi connectivity index (χ4v) is 1.96. The summed E-state index contributed by atoms with van der Waals surface area (Å²) in [5.74, 6) is 0. The standard InChI is InChI=1S/C10H16N2O/c1-7-5-10(13)12-9-3-2-4-11-6-8(7)9/h5,10-13H,2-4,6H2,1H3. The average Bonchev–Trinajstić information content (AvgIpc) is 2.28. The van der Waals surface area contributed by atoms with Crippen molar-refractivity contribution in [1.29, 1.82) is 0 Å². The third-order valence-corrected chi connectivity index (χ3v) is 2.65. The van der Waals surface area contributed by atoms with E-state index in [0.29, 0.717) is 0 Å². The van der Waals surface area contributed by atoms with Crippen LogP contribution < -0.4 is 10.6 Å². The molecule has 2 heterocycles. The molecule has 3 N–H and O–H groups in total. The first-order chi connectivity index (χ1) is 6.27. The highest BCUT2D eigenvalue weighted by Gasteiger charge is 2.18. The van der Waals surface area contributed by atoms with Gasteiger partial charge in [0.2, 0.25) is 0 Å². The van der Waals surface area contributed by atoms with Gasteiger partial charge in [-0.2, -0.15) is 0 Å². The van der Waals surface area contributed by atoms with Gasteiger partial charge in [0.1, 0.15) is 6.23 Å². The molecule has 0 amide bonds. The summed E-state index contributed by atoms with van der Waals surface area (Å²) in [6.45, 7) is 4.06. The van der Waals surface area contributed by atoms with Crippen LogP contribution in [0.15, 0.2) is 22.9 Å². The van der Waals surface area contributed by atoms with E-state index in [1.54, 1.807) is 0 Å². The maximum absolute atomic E-state index is 9.47. The summed E-state index contributed by atoms with van der Waals surface area (Å²) < 4.78 is 0. The van der Waals surface area contributed by atoms with Crippen molar-refractivity contribution in [2.24, 2.45) is 0 Å². The first kappa shape index (κ1) is 8.78. The summed E-state index contributed by atoms with van der Waals surface area (Å²) in [6.07, 6.45) is 3.57. The van der Waals surface area contributed by atoms with Gasteiger partial charge in [-0.25, -0.2) is 0 Å². The predicted molar refractivity (Wildman–Crippen MR) is 52.0 cm³/mol. The lowest BCUT2D eigenvalue weighted by Crippen LogP contribution is -2.32. The van der Waals surface area contributed by atoms with Gasteiger partial charge >= 0.3 is 0 Å². The summed E-state index contributed by atoms with van der Waals surface area (Å²) in [4.78, 5) is 0. The van der Waals surface area contributed by atoms with Crippen molar-refractivity contribution in [2.45, 2.75) is 26.0 Å². The maximum atomic E-state index is 9.47. The molecular weight excluding hydrogens is 164 g/mol. The van der Waals surface area contributed by atoms with Crippen molar-refractivity contribution in [3.05, 3.63) is 22.9 Å². The fourth-order valence-electron chi connectivity index (χ4n) is 1.96. The number of allylic oxidation sites excluding steroid dienone is 1. The van der Waals surface area contributed by atoms with Crippen LogP contribution >= 0.6 is 0 Å². The smallest absolute Gasteiger partial charge is 0.144 e. The molecule has 0 radical (unpaired) electrons. The molecule has 0 saturated carbocycles. The van der Waals surface area contributed by atoms with E-state index in [1.807, 2.05) is 6.08 Å². The van der Waals surface area contributed by atoms with Crippen molar-refractivity contribution in [3.8, 4) is 0 Å². The molecule has 0 fully saturated rings. The minimum atomic E-state index is -0.489. The van der Waals surface area contributed by atoms with Crippen molar-refractivity contribution in [1.82, 2.24) is 10.6 Å². The molecule has 0 bridgehead atoms. The second kappa shape index (κ2) is 3.52. The zero-order valence-electron chi connectivity index (χ0n) is 7.93. The lowest BCUT2D eigenvalue weighted by Gasteiger charge is -2.23. The van der Waals surface area contributed by atoms with Gasteiger partial charge in [0.05, 0.1) is 0 Å². The van der Waals surface area contributed by atoms with Crippen LogP contribution in [0.25, 0.3) is 0 Å². The highest BCUT2D eigenvalue weighted by atomic mass is 16.3. The Morgan fingerprint density at radius 1 is 1.54 bits per heavy atom.